The number of anilines is 1. The summed E-state index contributed by atoms with van der Waals surface area (Å²) < 4.78 is 11.1. The Morgan fingerprint density at radius 3 is 2.66 bits per heavy atom. The third-order valence-electron chi connectivity index (χ3n) is 4.15. The molecule has 146 valence electrons. The highest BCUT2D eigenvalue weighted by atomic mass is 32.1. The number of pyridine rings is 2. The van der Waals surface area contributed by atoms with Crippen molar-refractivity contribution in [1.29, 1.82) is 0 Å². The van der Waals surface area contributed by atoms with Crippen LogP contribution in [0, 0.1) is 6.92 Å². The Hall–Kier alpha value is -3.52. The first-order valence-corrected chi connectivity index (χ1v) is 9.70. The first kappa shape index (κ1) is 18.8. The predicted molar refractivity (Wildman–Crippen MR) is 112 cm³/mol. The third kappa shape index (κ3) is 4.49. The van der Waals surface area contributed by atoms with Crippen molar-refractivity contribution in [2.24, 2.45) is 0 Å². The second-order valence-corrected chi connectivity index (χ2v) is 7.53. The van der Waals surface area contributed by atoms with Gasteiger partial charge in [-0.05, 0) is 30.7 Å². The van der Waals surface area contributed by atoms with Crippen molar-refractivity contribution in [3.05, 3.63) is 65.4 Å². The number of hydrogen-bond donors (Lipinski definition) is 1. The number of amides is 1. The molecule has 29 heavy (non-hydrogen) atoms. The zero-order valence-electron chi connectivity index (χ0n) is 15.9. The molecule has 0 radical (unpaired) electrons. The van der Waals surface area contributed by atoms with E-state index in [0.717, 1.165) is 21.3 Å². The van der Waals surface area contributed by atoms with Crippen LogP contribution in [0.25, 0.3) is 10.9 Å². The van der Waals surface area contributed by atoms with Crippen molar-refractivity contribution in [3.8, 4) is 17.4 Å². The lowest BCUT2D eigenvalue weighted by molar-refractivity contribution is -0.115. The number of thiazole rings is 1. The van der Waals surface area contributed by atoms with Gasteiger partial charge in [0, 0.05) is 29.5 Å². The number of carbonyl (C=O) groups excluding carboxylic acids is 1. The summed E-state index contributed by atoms with van der Waals surface area (Å²) in [5, 5.41) is 4.21. The Morgan fingerprint density at radius 1 is 1.10 bits per heavy atom. The van der Waals surface area contributed by atoms with Crippen LogP contribution in [-0.2, 0) is 11.2 Å². The smallest absolute Gasteiger partial charge is 0.230 e. The topological polar surface area (TPSA) is 86.2 Å². The Kier molecular flexibility index (Phi) is 5.35. The van der Waals surface area contributed by atoms with E-state index in [-0.39, 0.29) is 12.3 Å². The third-order valence-corrected chi connectivity index (χ3v) is 4.98. The van der Waals surface area contributed by atoms with Crippen LogP contribution in [0.3, 0.4) is 0 Å². The Balaban J connectivity index is 1.44. The number of aryl methyl sites for hydroxylation is 1. The van der Waals surface area contributed by atoms with E-state index in [0.29, 0.717) is 22.5 Å². The van der Waals surface area contributed by atoms with Crippen molar-refractivity contribution in [3.63, 3.8) is 0 Å². The van der Waals surface area contributed by atoms with Crippen molar-refractivity contribution < 1.29 is 14.3 Å². The number of fused-ring (bicyclic) bond motifs is 1. The molecule has 0 saturated heterocycles. The number of ether oxygens (including phenoxy) is 2. The summed E-state index contributed by atoms with van der Waals surface area (Å²) in [6.45, 7) is 1.95. The summed E-state index contributed by atoms with van der Waals surface area (Å²) in [7, 11) is 1.56. The van der Waals surface area contributed by atoms with Gasteiger partial charge in [-0.15, -0.1) is 11.3 Å². The molecule has 0 unspecified atom stereocenters. The van der Waals surface area contributed by atoms with E-state index in [9.17, 15) is 4.79 Å². The number of rotatable bonds is 6. The first-order valence-electron chi connectivity index (χ1n) is 8.88. The van der Waals surface area contributed by atoms with E-state index >= 15 is 0 Å². The van der Waals surface area contributed by atoms with Crippen LogP contribution >= 0.6 is 11.3 Å². The molecular formula is C21H18N4O3S. The first-order chi connectivity index (χ1) is 14.1. The standard InChI is InChI=1S/C21H18N4O3S/c1-13-11-24-21(29-13)25-19(26)9-14-3-5-15(6-4-14)28-18-7-8-22-17-10-20(27-2)23-12-16(17)18/h3-8,10-12H,9H2,1-2H3,(H,24,25,26). The lowest BCUT2D eigenvalue weighted by Gasteiger charge is -2.09. The van der Waals surface area contributed by atoms with Crippen LogP contribution in [0.2, 0.25) is 0 Å². The number of aromatic nitrogens is 3. The highest BCUT2D eigenvalue weighted by Crippen LogP contribution is 2.29. The molecule has 1 N–H and O–H groups in total. The minimum absolute atomic E-state index is 0.104. The van der Waals surface area contributed by atoms with E-state index < -0.39 is 0 Å². The van der Waals surface area contributed by atoms with Crippen LogP contribution in [0.15, 0.2) is 55.0 Å². The van der Waals surface area contributed by atoms with Gasteiger partial charge in [0.15, 0.2) is 5.13 Å². The summed E-state index contributed by atoms with van der Waals surface area (Å²) in [6, 6.07) is 10.9. The van der Waals surface area contributed by atoms with Gasteiger partial charge in [0.25, 0.3) is 0 Å². The molecule has 0 aliphatic carbocycles. The highest BCUT2D eigenvalue weighted by Gasteiger charge is 2.09. The molecule has 0 fully saturated rings. The van der Waals surface area contributed by atoms with Crippen molar-refractivity contribution in [2.75, 3.05) is 12.4 Å². The van der Waals surface area contributed by atoms with Crippen LogP contribution in [0.4, 0.5) is 5.13 Å². The molecule has 1 amide bonds. The molecule has 0 aliphatic rings. The molecule has 4 rings (SSSR count). The van der Waals surface area contributed by atoms with E-state index in [1.54, 1.807) is 37.8 Å². The molecular weight excluding hydrogens is 388 g/mol. The molecule has 1 aromatic carbocycles. The van der Waals surface area contributed by atoms with Gasteiger partial charge >= 0.3 is 0 Å². The van der Waals surface area contributed by atoms with Gasteiger partial charge in [0.2, 0.25) is 11.8 Å². The van der Waals surface area contributed by atoms with Crippen LogP contribution in [0.1, 0.15) is 10.4 Å². The molecule has 8 heteroatoms. The second-order valence-electron chi connectivity index (χ2n) is 6.30. The molecule has 0 spiro atoms. The van der Waals surface area contributed by atoms with Gasteiger partial charge in [-0.25, -0.2) is 9.97 Å². The number of methoxy groups -OCH3 is 1. The lowest BCUT2D eigenvalue weighted by atomic mass is 10.1. The number of nitrogens with zero attached hydrogens (tertiary/aromatic N) is 3. The quantitative estimate of drug-likeness (QED) is 0.511. The SMILES string of the molecule is COc1cc2nccc(Oc3ccc(CC(=O)Nc4ncc(C)s4)cc3)c2cn1. The minimum atomic E-state index is -0.104. The van der Waals surface area contributed by atoms with Gasteiger partial charge in [-0.3, -0.25) is 9.78 Å². The predicted octanol–water partition coefficient (Wildman–Crippen LogP) is 4.38. The average molecular weight is 406 g/mol. The molecule has 3 heterocycles. The number of hydrogen-bond acceptors (Lipinski definition) is 7. The zero-order valence-corrected chi connectivity index (χ0v) is 16.7. The number of nitrogens with one attached hydrogen (secondary N) is 1. The fourth-order valence-electron chi connectivity index (χ4n) is 2.76. The van der Waals surface area contributed by atoms with Crippen molar-refractivity contribution in [2.45, 2.75) is 13.3 Å². The molecule has 0 saturated carbocycles. The fourth-order valence-corrected chi connectivity index (χ4v) is 3.44. The van der Waals surface area contributed by atoms with E-state index in [4.69, 9.17) is 9.47 Å². The van der Waals surface area contributed by atoms with Crippen LogP contribution in [-0.4, -0.2) is 28.0 Å². The molecule has 0 aliphatic heterocycles. The largest absolute Gasteiger partial charge is 0.481 e. The minimum Gasteiger partial charge on any atom is -0.481 e. The number of carbonyl (C=O) groups is 1. The van der Waals surface area contributed by atoms with Crippen molar-refractivity contribution >= 4 is 33.3 Å². The zero-order chi connectivity index (χ0) is 20.2. The van der Waals surface area contributed by atoms with E-state index in [1.807, 2.05) is 31.2 Å². The van der Waals surface area contributed by atoms with E-state index in [2.05, 4.69) is 20.3 Å². The maximum absolute atomic E-state index is 12.2. The van der Waals surface area contributed by atoms with Crippen LogP contribution in [0.5, 0.6) is 17.4 Å². The van der Waals surface area contributed by atoms with Gasteiger partial charge in [0.1, 0.15) is 11.5 Å². The van der Waals surface area contributed by atoms with Gasteiger partial charge in [-0.2, -0.15) is 0 Å². The maximum atomic E-state index is 12.2. The summed E-state index contributed by atoms with van der Waals surface area (Å²) >= 11 is 1.45. The Bertz CT molecular complexity index is 1160. The molecule has 4 aromatic rings. The van der Waals surface area contributed by atoms with Gasteiger partial charge in [0.05, 0.1) is 24.4 Å². The monoisotopic (exact) mass is 406 g/mol. The number of benzene rings is 1. The molecule has 0 bridgehead atoms. The average Bonchev–Trinajstić information content (AvgIpc) is 3.13. The lowest BCUT2D eigenvalue weighted by Crippen LogP contribution is -2.14. The van der Waals surface area contributed by atoms with E-state index in [1.165, 1.54) is 11.3 Å². The summed E-state index contributed by atoms with van der Waals surface area (Å²) in [5.74, 6) is 1.70. The summed E-state index contributed by atoms with van der Waals surface area (Å²) in [4.78, 5) is 25.9. The Labute approximate surface area is 171 Å². The van der Waals surface area contributed by atoms with Gasteiger partial charge in [-0.1, -0.05) is 12.1 Å². The van der Waals surface area contributed by atoms with Crippen molar-refractivity contribution in [1.82, 2.24) is 15.0 Å². The molecule has 7 nitrogen and oxygen atoms in total. The second kappa shape index (κ2) is 8.24. The normalized spacial score (nSPS) is 10.7. The Morgan fingerprint density at radius 2 is 1.93 bits per heavy atom. The molecule has 0 atom stereocenters. The fraction of sp³-hybridized carbons (Fsp3) is 0.143. The maximum Gasteiger partial charge on any atom is 0.230 e. The summed E-state index contributed by atoms with van der Waals surface area (Å²) in [6.07, 6.45) is 5.35. The molecule has 3 aromatic heterocycles. The summed E-state index contributed by atoms with van der Waals surface area (Å²) in [5.41, 5.74) is 1.62. The highest BCUT2D eigenvalue weighted by molar-refractivity contribution is 7.15. The van der Waals surface area contributed by atoms with Gasteiger partial charge < -0.3 is 14.8 Å². The van der Waals surface area contributed by atoms with Crippen LogP contribution < -0.4 is 14.8 Å².